The van der Waals surface area contributed by atoms with E-state index in [9.17, 15) is 9.59 Å². The van der Waals surface area contributed by atoms with E-state index in [1.165, 1.54) is 31.8 Å². The average molecular weight is 389 g/mol. The minimum Gasteiger partial charge on any atom is -0.493 e. The molecule has 0 radical (unpaired) electrons. The van der Waals surface area contributed by atoms with Crippen molar-refractivity contribution >= 4 is 33.1 Å². The molecule has 27 heavy (non-hydrogen) atoms. The molecule has 0 aliphatic heterocycles. The van der Waals surface area contributed by atoms with Crippen LogP contribution >= 0.6 is 11.3 Å². The molecule has 142 valence electrons. The van der Waals surface area contributed by atoms with Gasteiger partial charge in [-0.2, -0.15) is 5.10 Å². The average Bonchev–Trinajstić information content (AvgIpc) is 3.11. The Morgan fingerprint density at radius 2 is 2.04 bits per heavy atom. The maximum Gasteiger partial charge on any atom is 0.279 e. The first-order chi connectivity index (χ1) is 12.9. The number of benzene rings is 1. The van der Waals surface area contributed by atoms with Crippen LogP contribution in [-0.2, 0) is 11.3 Å². The van der Waals surface area contributed by atoms with Crippen molar-refractivity contribution in [2.75, 3.05) is 19.5 Å². The van der Waals surface area contributed by atoms with Crippen molar-refractivity contribution in [3.05, 3.63) is 33.7 Å². The van der Waals surface area contributed by atoms with Crippen LogP contribution in [0.2, 0.25) is 0 Å². The standard InChI is InChI=1S/C17H19N5O4S/c1-9(2)15-20-21-17(27-15)19-12(23)8-22-16(24)13-10(7-18-22)5-6-11(25-3)14(13)26-4/h5-7,9H,8H2,1-4H3,(H,19,21,23). The molecule has 1 amide bonds. The summed E-state index contributed by atoms with van der Waals surface area (Å²) in [5.74, 6) is 0.541. The smallest absolute Gasteiger partial charge is 0.279 e. The summed E-state index contributed by atoms with van der Waals surface area (Å²) < 4.78 is 11.6. The number of nitrogens with zero attached hydrogens (tertiary/aromatic N) is 4. The zero-order chi connectivity index (χ0) is 19.6. The Morgan fingerprint density at radius 1 is 1.26 bits per heavy atom. The number of nitrogens with one attached hydrogen (secondary N) is 1. The maximum absolute atomic E-state index is 12.8. The van der Waals surface area contributed by atoms with Gasteiger partial charge in [0.1, 0.15) is 11.6 Å². The molecule has 3 rings (SSSR count). The third-order valence-electron chi connectivity index (χ3n) is 3.84. The lowest BCUT2D eigenvalue weighted by Gasteiger charge is -2.11. The fourth-order valence-electron chi connectivity index (χ4n) is 2.51. The highest BCUT2D eigenvalue weighted by molar-refractivity contribution is 7.15. The Bertz CT molecular complexity index is 1040. The van der Waals surface area contributed by atoms with Crippen LogP contribution in [0, 0.1) is 0 Å². The van der Waals surface area contributed by atoms with Crippen LogP contribution in [0.15, 0.2) is 23.1 Å². The lowest BCUT2D eigenvalue weighted by atomic mass is 10.1. The first kappa shape index (κ1) is 18.8. The van der Waals surface area contributed by atoms with Crippen LogP contribution < -0.4 is 20.3 Å². The second-order valence-corrected chi connectivity index (χ2v) is 7.03. The number of rotatable bonds is 6. The van der Waals surface area contributed by atoms with Crippen LogP contribution in [0.4, 0.5) is 5.13 Å². The monoisotopic (exact) mass is 389 g/mol. The first-order valence-electron chi connectivity index (χ1n) is 8.18. The predicted molar refractivity (Wildman–Crippen MR) is 102 cm³/mol. The van der Waals surface area contributed by atoms with Crippen molar-refractivity contribution in [1.29, 1.82) is 0 Å². The zero-order valence-corrected chi connectivity index (χ0v) is 16.2. The van der Waals surface area contributed by atoms with Crippen molar-refractivity contribution in [1.82, 2.24) is 20.0 Å². The van der Waals surface area contributed by atoms with Gasteiger partial charge in [-0.05, 0) is 12.1 Å². The van der Waals surface area contributed by atoms with Crippen LogP contribution in [0.25, 0.3) is 10.8 Å². The van der Waals surface area contributed by atoms with Crippen molar-refractivity contribution in [2.24, 2.45) is 0 Å². The Hall–Kier alpha value is -3.01. The number of aromatic nitrogens is 4. The molecule has 0 spiro atoms. The van der Waals surface area contributed by atoms with Crippen LogP contribution in [0.1, 0.15) is 24.8 Å². The predicted octanol–water partition coefficient (Wildman–Crippen LogP) is 2.03. The molecule has 0 atom stereocenters. The van der Waals surface area contributed by atoms with E-state index in [0.29, 0.717) is 27.4 Å². The third kappa shape index (κ3) is 3.75. The van der Waals surface area contributed by atoms with Gasteiger partial charge < -0.3 is 9.47 Å². The van der Waals surface area contributed by atoms with Crippen molar-refractivity contribution in [3.8, 4) is 11.5 Å². The second kappa shape index (κ2) is 7.70. The van der Waals surface area contributed by atoms with Gasteiger partial charge >= 0.3 is 0 Å². The molecular formula is C17H19N5O4S. The van der Waals surface area contributed by atoms with Gasteiger partial charge in [-0.1, -0.05) is 25.2 Å². The number of carbonyl (C=O) groups excluding carboxylic acids is 1. The van der Waals surface area contributed by atoms with Crippen molar-refractivity contribution in [3.63, 3.8) is 0 Å². The van der Waals surface area contributed by atoms with Gasteiger partial charge in [0.2, 0.25) is 11.0 Å². The normalized spacial score (nSPS) is 11.0. The molecule has 0 saturated heterocycles. The first-order valence-corrected chi connectivity index (χ1v) is 9.00. The molecule has 2 heterocycles. The molecule has 0 saturated carbocycles. The van der Waals surface area contributed by atoms with Gasteiger partial charge in [0.25, 0.3) is 5.56 Å². The number of anilines is 1. The Kier molecular flexibility index (Phi) is 5.36. The summed E-state index contributed by atoms with van der Waals surface area (Å²) in [6, 6.07) is 3.41. The Balaban J connectivity index is 1.89. The summed E-state index contributed by atoms with van der Waals surface area (Å²) in [6.45, 7) is 3.73. The molecule has 0 unspecified atom stereocenters. The van der Waals surface area contributed by atoms with E-state index in [0.717, 1.165) is 9.69 Å². The van der Waals surface area contributed by atoms with Crippen molar-refractivity contribution < 1.29 is 14.3 Å². The van der Waals surface area contributed by atoms with Gasteiger partial charge in [-0.3, -0.25) is 14.9 Å². The second-order valence-electron chi connectivity index (χ2n) is 6.02. The molecular weight excluding hydrogens is 370 g/mol. The summed E-state index contributed by atoms with van der Waals surface area (Å²) in [4.78, 5) is 25.1. The van der Waals surface area contributed by atoms with E-state index in [1.54, 1.807) is 12.1 Å². The van der Waals surface area contributed by atoms with Crippen molar-refractivity contribution in [2.45, 2.75) is 26.3 Å². The Morgan fingerprint density at radius 3 is 2.67 bits per heavy atom. The Labute approximate surface area is 158 Å². The van der Waals surface area contributed by atoms with E-state index < -0.39 is 11.5 Å². The number of amides is 1. The van der Waals surface area contributed by atoms with Crippen LogP contribution in [-0.4, -0.2) is 40.1 Å². The summed E-state index contributed by atoms with van der Waals surface area (Å²) in [6.07, 6.45) is 1.51. The van der Waals surface area contributed by atoms with Gasteiger partial charge in [-0.25, -0.2) is 4.68 Å². The largest absolute Gasteiger partial charge is 0.493 e. The molecule has 1 aromatic carbocycles. The minimum absolute atomic E-state index is 0.223. The highest BCUT2D eigenvalue weighted by atomic mass is 32.1. The SMILES string of the molecule is COc1ccc2cnn(CC(=O)Nc3nnc(C(C)C)s3)c(=O)c2c1OC. The number of hydrogen-bond donors (Lipinski definition) is 1. The minimum atomic E-state index is -0.446. The number of carbonyl (C=O) groups is 1. The molecule has 0 aliphatic rings. The molecule has 1 N–H and O–H groups in total. The van der Waals surface area contributed by atoms with E-state index in [4.69, 9.17) is 9.47 Å². The summed E-state index contributed by atoms with van der Waals surface area (Å²) in [7, 11) is 2.94. The van der Waals surface area contributed by atoms with Gasteiger partial charge in [0, 0.05) is 11.3 Å². The summed E-state index contributed by atoms with van der Waals surface area (Å²) in [5, 5.41) is 16.8. The molecule has 9 nitrogen and oxygen atoms in total. The molecule has 3 aromatic rings. The van der Waals surface area contributed by atoms with Gasteiger partial charge in [-0.15, -0.1) is 10.2 Å². The van der Waals surface area contributed by atoms with E-state index in [1.807, 2.05) is 13.8 Å². The third-order valence-corrected chi connectivity index (χ3v) is 4.98. The lowest BCUT2D eigenvalue weighted by Crippen LogP contribution is -2.29. The topological polar surface area (TPSA) is 108 Å². The molecule has 0 bridgehead atoms. The number of fused-ring (bicyclic) bond motifs is 1. The quantitative estimate of drug-likeness (QED) is 0.687. The fraction of sp³-hybridized carbons (Fsp3) is 0.353. The molecule has 0 aliphatic carbocycles. The highest BCUT2D eigenvalue weighted by Crippen LogP contribution is 2.32. The van der Waals surface area contributed by atoms with E-state index >= 15 is 0 Å². The molecule has 10 heteroatoms. The van der Waals surface area contributed by atoms with E-state index in [2.05, 4.69) is 20.6 Å². The van der Waals surface area contributed by atoms with E-state index in [-0.39, 0.29) is 12.5 Å². The molecule has 0 fully saturated rings. The van der Waals surface area contributed by atoms with Crippen LogP contribution in [0.5, 0.6) is 11.5 Å². The van der Waals surface area contributed by atoms with Gasteiger partial charge in [0.05, 0.1) is 25.8 Å². The summed E-state index contributed by atoms with van der Waals surface area (Å²) in [5.41, 5.74) is -0.446. The number of methoxy groups -OCH3 is 2. The number of hydrogen-bond acceptors (Lipinski definition) is 8. The zero-order valence-electron chi connectivity index (χ0n) is 15.3. The summed E-state index contributed by atoms with van der Waals surface area (Å²) >= 11 is 1.30. The maximum atomic E-state index is 12.8. The molecule has 2 aromatic heterocycles. The number of ether oxygens (including phenoxy) is 2. The van der Waals surface area contributed by atoms with Crippen LogP contribution in [0.3, 0.4) is 0 Å². The highest BCUT2D eigenvalue weighted by Gasteiger charge is 2.17. The lowest BCUT2D eigenvalue weighted by molar-refractivity contribution is -0.117. The fourth-order valence-corrected chi connectivity index (χ4v) is 3.27. The van der Waals surface area contributed by atoms with Gasteiger partial charge in [0.15, 0.2) is 11.5 Å².